The van der Waals surface area contributed by atoms with Gasteiger partial charge in [-0.25, -0.2) is 0 Å². The summed E-state index contributed by atoms with van der Waals surface area (Å²) in [5.41, 5.74) is 2.74. The minimum atomic E-state index is 0.0423. The van der Waals surface area contributed by atoms with Gasteiger partial charge >= 0.3 is 0 Å². The van der Waals surface area contributed by atoms with E-state index in [-0.39, 0.29) is 18.3 Å². The molecule has 2 aromatic rings. The Morgan fingerprint density at radius 3 is 2.79 bits per heavy atom. The van der Waals surface area contributed by atoms with Gasteiger partial charge in [0.15, 0.2) is 5.78 Å². The molecule has 0 aromatic heterocycles. The molecule has 0 spiro atoms. The van der Waals surface area contributed by atoms with Crippen LogP contribution in [0.4, 0.5) is 0 Å². The van der Waals surface area contributed by atoms with Crippen molar-refractivity contribution in [3.8, 4) is 11.5 Å². The van der Waals surface area contributed by atoms with E-state index in [0.29, 0.717) is 23.7 Å². The van der Waals surface area contributed by atoms with Crippen LogP contribution in [-0.4, -0.2) is 43.4 Å². The van der Waals surface area contributed by atoms with Crippen LogP contribution in [0, 0.1) is 5.92 Å². The quantitative estimate of drug-likeness (QED) is 0.818. The van der Waals surface area contributed by atoms with Gasteiger partial charge in [-0.15, -0.1) is 0 Å². The highest BCUT2D eigenvalue weighted by atomic mass is 16.5. The highest BCUT2D eigenvalue weighted by Crippen LogP contribution is 2.27. The number of fused-ring (bicyclic) bond motifs is 1. The molecule has 146 valence electrons. The molecule has 1 amide bonds. The standard InChI is InChI=1S/C23H25NO4/c1-27-21-4-2-3-17(12-21)11-16-7-9-24(10-8-16)23(26)18-5-6-22-19(13-18)14-20(25)15-28-22/h2-6,12-13,16H,7-11,14-15H2,1H3. The van der Waals surface area contributed by atoms with E-state index in [0.717, 1.165) is 43.7 Å². The number of nitrogens with zero attached hydrogens (tertiary/aromatic N) is 1. The van der Waals surface area contributed by atoms with E-state index >= 15 is 0 Å². The fraction of sp³-hybridized carbons (Fsp3) is 0.391. The van der Waals surface area contributed by atoms with Crippen LogP contribution < -0.4 is 9.47 Å². The topological polar surface area (TPSA) is 55.8 Å². The molecule has 2 aliphatic heterocycles. The predicted molar refractivity (Wildman–Crippen MR) is 106 cm³/mol. The summed E-state index contributed by atoms with van der Waals surface area (Å²) >= 11 is 0. The zero-order valence-electron chi connectivity index (χ0n) is 16.1. The Bertz CT molecular complexity index is 884. The molecular formula is C23H25NO4. The zero-order chi connectivity index (χ0) is 19.5. The number of amides is 1. The van der Waals surface area contributed by atoms with Gasteiger partial charge in [0.25, 0.3) is 5.91 Å². The van der Waals surface area contributed by atoms with E-state index in [1.165, 1.54) is 5.56 Å². The number of piperidine rings is 1. The Balaban J connectivity index is 1.36. The van der Waals surface area contributed by atoms with Crippen molar-refractivity contribution >= 4 is 11.7 Å². The van der Waals surface area contributed by atoms with E-state index in [4.69, 9.17) is 9.47 Å². The summed E-state index contributed by atoms with van der Waals surface area (Å²) < 4.78 is 10.7. The normalized spacial score (nSPS) is 17.0. The lowest BCUT2D eigenvalue weighted by molar-refractivity contribution is -0.121. The zero-order valence-corrected chi connectivity index (χ0v) is 16.1. The van der Waals surface area contributed by atoms with Gasteiger partial charge < -0.3 is 14.4 Å². The first kappa shape index (κ1) is 18.5. The first-order chi connectivity index (χ1) is 13.6. The second-order valence-corrected chi connectivity index (χ2v) is 7.62. The number of carbonyl (C=O) groups excluding carboxylic acids is 2. The van der Waals surface area contributed by atoms with Crippen molar-refractivity contribution in [1.29, 1.82) is 0 Å². The van der Waals surface area contributed by atoms with E-state index in [1.807, 2.05) is 29.2 Å². The monoisotopic (exact) mass is 379 g/mol. The minimum Gasteiger partial charge on any atom is -0.497 e. The number of hydrogen-bond donors (Lipinski definition) is 0. The first-order valence-electron chi connectivity index (χ1n) is 9.82. The number of ether oxygens (including phenoxy) is 2. The average molecular weight is 379 g/mol. The number of hydrogen-bond acceptors (Lipinski definition) is 4. The number of methoxy groups -OCH3 is 1. The van der Waals surface area contributed by atoms with Crippen LogP contribution in [0.1, 0.15) is 34.3 Å². The fourth-order valence-corrected chi connectivity index (χ4v) is 4.07. The Morgan fingerprint density at radius 1 is 1.18 bits per heavy atom. The Hall–Kier alpha value is -2.82. The SMILES string of the molecule is COc1cccc(CC2CCN(C(=O)c3ccc4c(c3)CC(=O)CO4)CC2)c1. The lowest BCUT2D eigenvalue weighted by atomic mass is 9.90. The van der Waals surface area contributed by atoms with Crippen LogP contribution in [0.5, 0.6) is 11.5 Å². The minimum absolute atomic E-state index is 0.0423. The summed E-state index contributed by atoms with van der Waals surface area (Å²) in [6, 6.07) is 13.6. The van der Waals surface area contributed by atoms with Crippen LogP contribution in [0.15, 0.2) is 42.5 Å². The van der Waals surface area contributed by atoms with Crippen LogP contribution >= 0.6 is 0 Å². The van der Waals surface area contributed by atoms with E-state index < -0.39 is 0 Å². The number of likely N-dealkylation sites (tertiary alicyclic amines) is 1. The number of rotatable bonds is 4. The number of benzene rings is 2. The van der Waals surface area contributed by atoms with Crippen LogP contribution in [-0.2, 0) is 17.6 Å². The van der Waals surface area contributed by atoms with Gasteiger partial charge in [0.2, 0.25) is 0 Å². The van der Waals surface area contributed by atoms with E-state index in [9.17, 15) is 9.59 Å². The highest BCUT2D eigenvalue weighted by molar-refractivity contribution is 5.95. The van der Waals surface area contributed by atoms with Gasteiger partial charge in [-0.1, -0.05) is 12.1 Å². The molecule has 5 nitrogen and oxygen atoms in total. The van der Waals surface area contributed by atoms with Crippen molar-refractivity contribution in [1.82, 2.24) is 4.90 Å². The summed E-state index contributed by atoms with van der Waals surface area (Å²) in [5, 5.41) is 0. The van der Waals surface area contributed by atoms with Gasteiger partial charge in [-0.05, 0) is 61.1 Å². The van der Waals surface area contributed by atoms with Gasteiger partial charge in [0.1, 0.15) is 18.1 Å². The predicted octanol–water partition coefficient (Wildman–Crippen LogP) is 3.29. The molecule has 0 radical (unpaired) electrons. The average Bonchev–Trinajstić information content (AvgIpc) is 2.73. The van der Waals surface area contributed by atoms with Crippen molar-refractivity contribution < 1.29 is 19.1 Å². The fourth-order valence-electron chi connectivity index (χ4n) is 4.07. The maximum absolute atomic E-state index is 12.9. The molecule has 2 aliphatic rings. The summed E-state index contributed by atoms with van der Waals surface area (Å²) in [5.74, 6) is 2.27. The Morgan fingerprint density at radius 2 is 2.00 bits per heavy atom. The largest absolute Gasteiger partial charge is 0.497 e. The summed E-state index contributed by atoms with van der Waals surface area (Å²) in [6.45, 7) is 1.65. The smallest absolute Gasteiger partial charge is 0.253 e. The van der Waals surface area contributed by atoms with E-state index in [2.05, 4.69) is 12.1 Å². The van der Waals surface area contributed by atoms with Crippen molar-refractivity contribution in [2.24, 2.45) is 5.92 Å². The molecule has 5 heteroatoms. The Labute approximate surface area is 165 Å². The van der Waals surface area contributed by atoms with E-state index in [1.54, 1.807) is 13.2 Å². The van der Waals surface area contributed by atoms with Gasteiger partial charge in [-0.3, -0.25) is 9.59 Å². The van der Waals surface area contributed by atoms with Crippen LogP contribution in [0.25, 0.3) is 0 Å². The highest BCUT2D eigenvalue weighted by Gasteiger charge is 2.25. The Kier molecular flexibility index (Phi) is 5.33. The summed E-state index contributed by atoms with van der Waals surface area (Å²) in [7, 11) is 1.69. The van der Waals surface area contributed by atoms with Crippen molar-refractivity contribution in [2.45, 2.75) is 25.7 Å². The molecule has 0 N–H and O–H groups in total. The summed E-state index contributed by atoms with van der Waals surface area (Å²) in [4.78, 5) is 26.4. The number of carbonyl (C=O) groups is 2. The molecule has 0 aliphatic carbocycles. The molecular weight excluding hydrogens is 354 g/mol. The molecule has 0 bridgehead atoms. The maximum atomic E-state index is 12.9. The van der Waals surface area contributed by atoms with Gasteiger partial charge in [-0.2, -0.15) is 0 Å². The molecule has 1 fully saturated rings. The second kappa shape index (κ2) is 8.05. The summed E-state index contributed by atoms with van der Waals surface area (Å²) in [6.07, 6.45) is 3.35. The van der Waals surface area contributed by atoms with Gasteiger partial charge in [0.05, 0.1) is 7.11 Å². The van der Waals surface area contributed by atoms with Gasteiger partial charge in [0, 0.05) is 30.6 Å². The first-order valence-corrected chi connectivity index (χ1v) is 9.82. The number of Topliss-reactive ketones (excluding diaryl/α,β-unsaturated/α-hetero) is 1. The lowest BCUT2D eigenvalue weighted by Gasteiger charge is -2.32. The second-order valence-electron chi connectivity index (χ2n) is 7.62. The van der Waals surface area contributed by atoms with Crippen LogP contribution in [0.2, 0.25) is 0 Å². The molecule has 0 saturated carbocycles. The third kappa shape index (κ3) is 4.03. The lowest BCUT2D eigenvalue weighted by Crippen LogP contribution is -2.39. The molecule has 2 heterocycles. The van der Waals surface area contributed by atoms with Crippen LogP contribution in [0.3, 0.4) is 0 Å². The van der Waals surface area contributed by atoms with Crippen molar-refractivity contribution in [2.75, 3.05) is 26.8 Å². The molecule has 4 rings (SSSR count). The molecule has 28 heavy (non-hydrogen) atoms. The van der Waals surface area contributed by atoms with Crippen molar-refractivity contribution in [3.63, 3.8) is 0 Å². The molecule has 1 saturated heterocycles. The van der Waals surface area contributed by atoms with Crippen molar-refractivity contribution in [3.05, 3.63) is 59.2 Å². The molecule has 2 aromatic carbocycles. The third-order valence-corrected chi connectivity index (χ3v) is 5.64. The third-order valence-electron chi connectivity index (χ3n) is 5.64. The molecule has 0 unspecified atom stereocenters. The molecule has 0 atom stereocenters. The number of ketones is 1. The maximum Gasteiger partial charge on any atom is 0.253 e.